The molecule has 0 aliphatic rings. The molecule has 7 heteroatoms. The minimum atomic E-state index is -0.298. The second kappa shape index (κ2) is 10.3. The minimum Gasteiger partial charge on any atom is -0.492 e. The van der Waals surface area contributed by atoms with Gasteiger partial charge in [0.2, 0.25) is 5.91 Å². The van der Waals surface area contributed by atoms with E-state index in [1.807, 2.05) is 0 Å². The van der Waals surface area contributed by atoms with E-state index in [0.717, 1.165) is 0 Å². The third kappa shape index (κ3) is 7.57. The van der Waals surface area contributed by atoms with Gasteiger partial charge < -0.3 is 14.4 Å². The van der Waals surface area contributed by atoms with Gasteiger partial charge in [0.25, 0.3) is 0 Å². The average molecular weight is 362 g/mol. The smallest absolute Gasteiger partial charge is 0.307 e. The number of rotatable bonds is 9. The highest BCUT2D eigenvalue weighted by Crippen LogP contribution is 2.27. The highest BCUT2D eigenvalue weighted by Gasteiger charge is 2.11. The number of esters is 1. The quantitative estimate of drug-likeness (QED) is 0.498. The molecule has 128 valence electrons. The Labute approximate surface area is 146 Å². The first-order valence-corrected chi connectivity index (χ1v) is 8.17. The van der Waals surface area contributed by atoms with Gasteiger partial charge in [0.05, 0.1) is 24.7 Å². The summed E-state index contributed by atoms with van der Waals surface area (Å²) in [6, 6.07) is 4.99. The van der Waals surface area contributed by atoms with Crippen LogP contribution in [0.25, 0.3) is 0 Å². The summed E-state index contributed by atoms with van der Waals surface area (Å²) in [4.78, 5) is 24.7. The lowest BCUT2D eigenvalue weighted by Gasteiger charge is -2.16. The van der Waals surface area contributed by atoms with E-state index >= 15 is 0 Å². The topological polar surface area (TPSA) is 55.8 Å². The second-order valence-corrected chi connectivity index (χ2v) is 5.74. The van der Waals surface area contributed by atoms with Crippen LogP contribution in [0.3, 0.4) is 0 Å². The molecule has 0 bridgehead atoms. The van der Waals surface area contributed by atoms with Crippen LogP contribution in [-0.2, 0) is 14.3 Å². The van der Waals surface area contributed by atoms with Crippen LogP contribution in [-0.4, -0.2) is 43.6 Å². The summed E-state index contributed by atoms with van der Waals surface area (Å²) < 4.78 is 10.3. The lowest BCUT2D eigenvalue weighted by atomic mass is 10.2. The van der Waals surface area contributed by atoms with Gasteiger partial charge >= 0.3 is 5.97 Å². The molecule has 1 rings (SSSR count). The predicted octanol–water partition coefficient (Wildman–Crippen LogP) is 3.56. The normalized spacial score (nSPS) is 10.3. The number of benzene rings is 1. The van der Waals surface area contributed by atoms with E-state index < -0.39 is 0 Å². The maximum absolute atomic E-state index is 11.9. The van der Waals surface area contributed by atoms with Crippen molar-refractivity contribution in [2.24, 2.45) is 0 Å². The van der Waals surface area contributed by atoms with Crippen LogP contribution in [0, 0.1) is 0 Å². The molecule has 0 spiro atoms. The number of carbonyl (C=O) groups excluding carboxylic acids is 2. The summed E-state index contributed by atoms with van der Waals surface area (Å²) in [6.07, 6.45) is 1.10. The highest BCUT2D eigenvalue weighted by atomic mass is 35.5. The molecule has 0 aromatic heterocycles. The number of nitrogens with zero attached hydrogens (tertiary/aromatic N) is 1. The average Bonchev–Trinajstić information content (AvgIpc) is 2.51. The van der Waals surface area contributed by atoms with Gasteiger partial charge in [-0.2, -0.15) is 0 Å². The molecule has 23 heavy (non-hydrogen) atoms. The fraction of sp³-hybridized carbons (Fsp3) is 0.500. The van der Waals surface area contributed by atoms with E-state index in [2.05, 4.69) is 0 Å². The monoisotopic (exact) mass is 361 g/mol. The summed E-state index contributed by atoms with van der Waals surface area (Å²) in [5, 5.41) is 0.983. The van der Waals surface area contributed by atoms with Gasteiger partial charge in [-0.3, -0.25) is 9.59 Å². The zero-order chi connectivity index (χ0) is 17.2. The van der Waals surface area contributed by atoms with E-state index in [9.17, 15) is 9.59 Å². The fourth-order valence-electron chi connectivity index (χ4n) is 1.81. The summed E-state index contributed by atoms with van der Waals surface area (Å²) in [5.74, 6) is 0.201. The number of hydrogen-bond acceptors (Lipinski definition) is 4. The molecule has 0 N–H and O–H groups in total. The number of ether oxygens (including phenoxy) is 2. The van der Waals surface area contributed by atoms with Crippen LogP contribution >= 0.6 is 23.2 Å². The van der Waals surface area contributed by atoms with Crippen LogP contribution in [0.1, 0.15) is 26.2 Å². The minimum absolute atomic E-state index is 0.0416. The van der Waals surface area contributed by atoms with E-state index in [4.69, 9.17) is 32.7 Å². The van der Waals surface area contributed by atoms with Crippen molar-refractivity contribution in [3.63, 3.8) is 0 Å². The van der Waals surface area contributed by atoms with Crippen molar-refractivity contribution in [2.75, 3.05) is 26.8 Å². The van der Waals surface area contributed by atoms with Crippen LogP contribution in [0.4, 0.5) is 0 Å². The molecule has 1 amide bonds. The van der Waals surface area contributed by atoms with Gasteiger partial charge in [-0.25, -0.2) is 0 Å². The van der Waals surface area contributed by atoms with E-state index in [1.54, 1.807) is 32.2 Å². The Balaban J connectivity index is 2.24. The van der Waals surface area contributed by atoms with Gasteiger partial charge in [-0.15, -0.1) is 0 Å². The van der Waals surface area contributed by atoms with Crippen molar-refractivity contribution in [1.29, 1.82) is 0 Å². The standard InChI is InChI=1S/C16H21Cl2NO4/c1-3-22-16(21)8-9-19(2)15(20)5-4-10-23-14-7-6-12(17)11-13(14)18/h6-7,11H,3-5,8-10H2,1-2H3. The van der Waals surface area contributed by atoms with Gasteiger partial charge in [0, 0.05) is 25.0 Å². The van der Waals surface area contributed by atoms with Crippen molar-refractivity contribution < 1.29 is 19.1 Å². The highest BCUT2D eigenvalue weighted by molar-refractivity contribution is 6.35. The number of hydrogen-bond donors (Lipinski definition) is 0. The molecule has 0 saturated carbocycles. The molecule has 0 aliphatic heterocycles. The molecular weight excluding hydrogens is 341 g/mol. The third-order valence-electron chi connectivity index (χ3n) is 3.07. The first kappa shape index (κ1) is 19.6. The van der Waals surface area contributed by atoms with E-state index in [0.29, 0.717) is 48.4 Å². The van der Waals surface area contributed by atoms with Crippen molar-refractivity contribution >= 4 is 35.1 Å². The lowest BCUT2D eigenvalue weighted by Crippen LogP contribution is -2.29. The SMILES string of the molecule is CCOC(=O)CCN(C)C(=O)CCCOc1ccc(Cl)cc1Cl. The molecule has 0 fully saturated rings. The molecule has 0 unspecified atom stereocenters. The molecule has 1 aromatic carbocycles. The van der Waals surface area contributed by atoms with Crippen molar-refractivity contribution in [3.8, 4) is 5.75 Å². The van der Waals surface area contributed by atoms with Crippen LogP contribution < -0.4 is 4.74 Å². The summed E-state index contributed by atoms with van der Waals surface area (Å²) in [7, 11) is 1.67. The Morgan fingerprint density at radius 2 is 1.96 bits per heavy atom. The van der Waals surface area contributed by atoms with Crippen molar-refractivity contribution in [2.45, 2.75) is 26.2 Å². The Morgan fingerprint density at radius 3 is 2.61 bits per heavy atom. The fourth-order valence-corrected chi connectivity index (χ4v) is 2.27. The van der Waals surface area contributed by atoms with Crippen LogP contribution in [0.5, 0.6) is 5.75 Å². The van der Waals surface area contributed by atoms with Gasteiger partial charge in [0.1, 0.15) is 5.75 Å². The number of carbonyl (C=O) groups is 2. The van der Waals surface area contributed by atoms with Gasteiger partial charge in [-0.1, -0.05) is 23.2 Å². The predicted molar refractivity (Wildman–Crippen MR) is 90.1 cm³/mol. The van der Waals surface area contributed by atoms with E-state index in [1.165, 1.54) is 4.90 Å². The first-order valence-electron chi connectivity index (χ1n) is 7.41. The maximum atomic E-state index is 11.9. The maximum Gasteiger partial charge on any atom is 0.307 e. The van der Waals surface area contributed by atoms with Crippen molar-refractivity contribution in [3.05, 3.63) is 28.2 Å². The van der Waals surface area contributed by atoms with Gasteiger partial charge in [-0.05, 0) is 31.5 Å². The Bertz CT molecular complexity index is 537. The zero-order valence-electron chi connectivity index (χ0n) is 13.3. The molecular formula is C16H21Cl2NO4. The molecule has 0 radical (unpaired) electrons. The third-order valence-corrected chi connectivity index (χ3v) is 3.60. The summed E-state index contributed by atoms with van der Waals surface area (Å²) >= 11 is 11.8. The lowest BCUT2D eigenvalue weighted by molar-refractivity contribution is -0.143. The summed E-state index contributed by atoms with van der Waals surface area (Å²) in [6.45, 7) is 2.82. The molecule has 0 atom stereocenters. The van der Waals surface area contributed by atoms with Gasteiger partial charge in [0.15, 0.2) is 0 Å². The number of amides is 1. The Hall–Kier alpha value is -1.46. The van der Waals surface area contributed by atoms with Crippen LogP contribution in [0.15, 0.2) is 18.2 Å². The van der Waals surface area contributed by atoms with Crippen LogP contribution in [0.2, 0.25) is 10.0 Å². The largest absolute Gasteiger partial charge is 0.492 e. The molecule has 0 aliphatic carbocycles. The first-order chi connectivity index (χ1) is 10.9. The molecule has 0 saturated heterocycles. The molecule has 1 aromatic rings. The molecule has 5 nitrogen and oxygen atoms in total. The van der Waals surface area contributed by atoms with E-state index in [-0.39, 0.29) is 18.3 Å². The summed E-state index contributed by atoms with van der Waals surface area (Å²) in [5.41, 5.74) is 0. The molecule has 0 heterocycles. The number of halogens is 2. The second-order valence-electron chi connectivity index (χ2n) is 4.90. The Morgan fingerprint density at radius 1 is 1.22 bits per heavy atom. The zero-order valence-corrected chi connectivity index (χ0v) is 14.8. The van der Waals surface area contributed by atoms with Crippen molar-refractivity contribution in [1.82, 2.24) is 4.90 Å². The Kier molecular flexibility index (Phi) is 8.81.